The molecule has 0 bridgehead atoms. The van der Waals surface area contributed by atoms with Crippen LogP contribution < -0.4 is 33.4 Å². The Morgan fingerprint density at radius 1 is 0.857 bits per heavy atom. The molecule has 2 aliphatic rings. The van der Waals surface area contributed by atoms with Crippen LogP contribution in [0.5, 0.6) is 0 Å². The lowest BCUT2D eigenvalue weighted by molar-refractivity contribution is -0.646. The molecular formula is C36H37IN4S. The van der Waals surface area contributed by atoms with Gasteiger partial charge in [-0.25, -0.2) is 0 Å². The van der Waals surface area contributed by atoms with Gasteiger partial charge in [0, 0.05) is 40.9 Å². The van der Waals surface area contributed by atoms with Crippen molar-refractivity contribution in [3.8, 4) is 0 Å². The second kappa shape index (κ2) is 13.1. The van der Waals surface area contributed by atoms with Crippen molar-refractivity contribution in [3.63, 3.8) is 0 Å². The lowest BCUT2D eigenvalue weighted by Gasteiger charge is -2.28. The minimum atomic E-state index is 0. The van der Waals surface area contributed by atoms with E-state index >= 15 is 0 Å². The van der Waals surface area contributed by atoms with Crippen molar-refractivity contribution in [2.75, 3.05) is 31.1 Å². The molecule has 3 aromatic carbocycles. The first-order valence-electron chi connectivity index (χ1n) is 14.9. The van der Waals surface area contributed by atoms with Crippen LogP contribution in [0.2, 0.25) is 0 Å². The standard InChI is InChI=1S/C36H36N4S.HI/c1-38-30(19-18-29-24-27-12-3-5-14-32(27)37-29)25-28(31-13-4-6-15-33(31)38)26-36-40(34-16-7-8-17-35(34)41-36)23-11-22-39-20-9-2-10-21-39;/h3-8,12-19,24-26H,2,9-11,20-23H2,1H3;1H/b36-26-;. The van der Waals surface area contributed by atoms with E-state index < -0.39 is 0 Å². The number of H-pyrrole nitrogens is 1. The number of para-hydroxylation sites is 3. The van der Waals surface area contributed by atoms with E-state index in [9.17, 15) is 0 Å². The number of nitrogens with zero attached hydrogens (tertiary/aromatic N) is 3. The molecule has 0 atom stereocenters. The summed E-state index contributed by atoms with van der Waals surface area (Å²) in [4.78, 5) is 10.1. The normalized spacial score (nSPS) is 16.5. The zero-order valence-corrected chi connectivity index (χ0v) is 27.1. The maximum absolute atomic E-state index is 3.53. The number of hydrogen-bond acceptors (Lipinski definition) is 3. The van der Waals surface area contributed by atoms with Gasteiger partial charge in [0.1, 0.15) is 7.05 Å². The minimum absolute atomic E-state index is 0. The van der Waals surface area contributed by atoms with E-state index in [4.69, 9.17) is 0 Å². The maximum atomic E-state index is 3.53. The van der Waals surface area contributed by atoms with Crippen LogP contribution >= 0.6 is 11.8 Å². The van der Waals surface area contributed by atoms with Crippen molar-refractivity contribution >= 4 is 57.5 Å². The zero-order valence-electron chi connectivity index (χ0n) is 24.1. The molecule has 2 aliphatic heterocycles. The number of piperidine rings is 1. The number of anilines is 1. The van der Waals surface area contributed by atoms with E-state index in [1.807, 2.05) is 11.8 Å². The van der Waals surface area contributed by atoms with Crippen molar-refractivity contribution in [2.45, 2.75) is 30.6 Å². The molecule has 214 valence electrons. The molecule has 0 aliphatic carbocycles. The number of hydrogen-bond donors (Lipinski definition) is 1. The molecule has 1 fully saturated rings. The number of pyridine rings is 1. The van der Waals surface area contributed by atoms with Crippen molar-refractivity contribution in [1.29, 1.82) is 0 Å². The van der Waals surface area contributed by atoms with Crippen LogP contribution in [0.25, 0.3) is 40.0 Å². The van der Waals surface area contributed by atoms with E-state index in [1.165, 1.54) is 94.0 Å². The Balaban J connectivity index is 0.00000316. The Morgan fingerprint density at radius 2 is 1.64 bits per heavy atom. The van der Waals surface area contributed by atoms with Crippen LogP contribution in [0.15, 0.2) is 94.9 Å². The van der Waals surface area contributed by atoms with Crippen molar-refractivity contribution in [1.82, 2.24) is 9.88 Å². The summed E-state index contributed by atoms with van der Waals surface area (Å²) in [5, 5.41) is 3.82. The number of fused-ring (bicyclic) bond motifs is 3. The highest BCUT2D eigenvalue weighted by Gasteiger charge is 2.25. The van der Waals surface area contributed by atoms with Crippen LogP contribution in [-0.2, 0) is 7.05 Å². The van der Waals surface area contributed by atoms with Gasteiger partial charge in [0.2, 0.25) is 11.2 Å². The first kappa shape index (κ1) is 29.0. The molecule has 0 radical (unpaired) electrons. The highest BCUT2D eigenvalue weighted by atomic mass is 127. The van der Waals surface area contributed by atoms with E-state index in [0.717, 1.165) is 12.2 Å². The molecule has 5 aromatic rings. The van der Waals surface area contributed by atoms with Gasteiger partial charge >= 0.3 is 0 Å². The van der Waals surface area contributed by atoms with Crippen LogP contribution in [0, 0.1) is 0 Å². The Hall–Kier alpha value is -3.07. The van der Waals surface area contributed by atoms with Crippen molar-refractivity contribution in [2.24, 2.45) is 7.05 Å². The second-order valence-electron chi connectivity index (χ2n) is 11.2. The summed E-state index contributed by atoms with van der Waals surface area (Å²) in [7, 11) is 2.16. The summed E-state index contributed by atoms with van der Waals surface area (Å²) < 4.78 is 2.30. The maximum Gasteiger partial charge on any atom is 0.213 e. The topological polar surface area (TPSA) is 26.1 Å². The fraction of sp³-hybridized carbons (Fsp3) is 0.250. The molecule has 1 saturated heterocycles. The van der Waals surface area contributed by atoms with Crippen LogP contribution in [0.1, 0.15) is 42.6 Å². The zero-order chi connectivity index (χ0) is 27.6. The Kier molecular flexibility index (Phi) is 9.03. The third-order valence-electron chi connectivity index (χ3n) is 8.47. The Labute approximate surface area is 270 Å². The van der Waals surface area contributed by atoms with Crippen LogP contribution in [0.3, 0.4) is 0 Å². The molecule has 7 rings (SSSR count). The quantitative estimate of drug-likeness (QED) is 0.191. The molecule has 6 heteroatoms. The monoisotopic (exact) mass is 684 g/mol. The molecule has 4 heterocycles. The number of aromatic nitrogens is 2. The van der Waals surface area contributed by atoms with E-state index in [2.05, 4.69) is 130 Å². The molecule has 0 saturated carbocycles. The third kappa shape index (κ3) is 6.03. The number of aryl methyl sites for hydroxylation is 1. The smallest absolute Gasteiger partial charge is 0.213 e. The highest BCUT2D eigenvalue weighted by Crippen LogP contribution is 2.46. The van der Waals surface area contributed by atoms with E-state index in [0.29, 0.717) is 0 Å². The summed E-state index contributed by atoms with van der Waals surface area (Å²) in [6.07, 6.45) is 12.1. The van der Waals surface area contributed by atoms with Gasteiger partial charge < -0.3 is 38.8 Å². The minimum Gasteiger partial charge on any atom is -1.00 e. The van der Waals surface area contributed by atoms with Crippen molar-refractivity contribution < 1.29 is 28.5 Å². The number of thioether (sulfide) groups is 1. The average molecular weight is 685 g/mol. The summed E-state index contributed by atoms with van der Waals surface area (Å²) >= 11 is 1.90. The second-order valence-corrected chi connectivity index (χ2v) is 12.3. The van der Waals surface area contributed by atoms with Crippen LogP contribution in [0.4, 0.5) is 5.69 Å². The van der Waals surface area contributed by atoms with Gasteiger partial charge in [-0.15, -0.1) is 0 Å². The average Bonchev–Trinajstić information content (AvgIpc) is 3.59. The van der Waals surface area contributed by atoms with Gasteiger partial charge in [0.25, 0.3) is 0 Å². The number of benzene rings is 3. The number of likely N-dealkylation sites (tertiary alicyclic amines) is 1. The molecule has 0 unspecified atom stereocenters. The Bertz CT molecular complexity index is 1730. The molecule has 2 aromatic heterocycles. The SMILES string of the molecule is C[n+]1c(/C=C/c2cc3ccccc3[nH]2)cc(/C=C2\Sc3ccccc3N2CCCN2CCCCC2)c2ccccc21.[I-]. The number of nitrogens with one attached hydrogen (secondary N) is 1. The molecule has 0 spiro atoms. The molecule has 0 amide bonds. The number of halogens is 1. The summed E-state index contributed by atoms with van der Waals surface area (Å²) in [6, 6.07) is 30.6. The summed E-state index contributed by atoms with van der Waals surface area (Å²) in [5.41, 5.74) is 7.28. The van der Waals surface area contributed by atoms with Crippen molar-refractivity contribution in [3.05, 3.63) is 107 Å². The molecule has 1 N–H and O–H groups in total. The van der Waals surface area contributed by atoms with Gasteiger partial charge in [-0.05, 0) is 92.3 Å². The highest BCUT2D eigenvalue weighted by molar-refractivity contribution is 8.03. The fourth-order valence-electron chi connectivity index (χ4n) is 6.28. The van der Waals surface area contributed by atoms with Gasteiger partial charge in [-0.2, -0.15) is 4.57 Å². The predicted molar refractivity (Wildman–Crippen MR) is 175 cm³/mol. The summed E-state index contributed by atoms with van der Waals surface area (Å²) in [6.45, 7) is 4.74. The fourth-order valence-corrected chi connectivity index (χ4v) is 7.42. The van der Waals surface area contributed by atoms with Gasteiger partial charge in [0.15, 0.2) is 0 Å². The number of aromatic amines is 1. The lowest BCUT2D eigenvalue weighted by atomic mass is 10.1. The lowest BCUT2D eigenvalue weighted by Crippen LogP contribution is -3.00. The first-order valence-corrected chi connectivity index (χ1v) is 15.7. The van der Waals surface area contributed by atoms with Gasteiger partial charge in [0.05, 0.1) is 16.1 Å². The van der Waals surface area contributed by atoms with Gasteiger partial charge in [-0.1, -0.05) is 60.6 Å². The van der Waals surface area contributed by atoms with Crippen LogP contribution in [-0.4, -0.2) is 36.1 Å². The third-order valence-corrected chi connectivity index (χ3v) is 9.58. The summed E-state index contributed by atoms with van der Waals surface area (Å²) in [5.74, 6) is 0. The largest absolute Gasteiger partial charge is 1.00 e. The van der Waals surface area contributed by atoms with E-state index in [1.54, 1.807) is 0 Å². The first-order chi connectivity index (χ1) is 20.2. The molecule has 42 heavy (non-hydrogen) atoms. The van der Waals surface area contributed by atoms with Gasteiger partial charge in [-0.3, -0.25) is 0 Å². The van der Waals surface area contributed by atoms with E-state index in [-0.39, 0.29) is 24.0 Å². The number of rotatable bonds is 7. The molecular weight excluding hydrogens is 647 g/mol. The molecule has 4 nitrogen and oxygen atoms in total. The Morgan fingerprint density at radius 3 is 2.52 bits per heavy atom. The predicted octanol–water partition coefficient (Wildman–Crippen LogP) is 5.11.